The van der Waals surface area contributed by atoms with Crippen LogP contribution in [-0.2, 0) is 19.7 Å². The molecule has 0 unspecified atom stereocenters. The van der Waals surface area contributed by atoms with E-state index in [9.17, 15) is 39.6 Å². The number of nitrogens with zero attached hydrogens (tertiary/aromatic N) is 3. The van der Waals surface area contributed by atoms with Gasteiger partial charge >= 0.3 is 18.3 Å². The van der Waals surface area contributed by atoms with E-state index in [1.807, 2.05) is 0 Å². The van der Waals surface area contributed by atoms with Crippen molar-refractivity contribution in [3.63, 3.8) is 0 Å². The first-order valence-corrected chi connectivity index (χ1v) is 12.3. The van der Waals surface area contributed by atoms with E-state index in [2.05, 4.69) is 20.1 Å². The Kier molecular flexibility index (Phi) is 8.83. The predicted molar refractivity (Wildman–Crippen MR) is 126 cm³/mol. The van der Waals surface area contributed by atoms with E-state index in [1.165, 1.54) is 19.2 Å². The van der Waals surface area contributed by atoms with Crippen molar-refractivity contribution in [3.05, 3.63) is 36.7 Å². The molecule has 218 valence electrons. The summed E-state index contributed by atoms with van der Waals surface area (Å²) < 4.78 is 117. The van der Waals surface area contributed by atoms with Crippen LogP contribution in [0.5, 0.6) is 17.2 Å². The number of benzene rings is 2. The predicted octanol–water partition coefficient (Wildman–Crippen LogP) is 4.36. The van der Waals surface area contributed by atoms with Crippen molar-refractivity contribution in [3.8, 4) is 17.2 Å². The van der Waals surface area contributed by atoms with Crippen LogP contribution in [-0.4, -0.2) is 68.5 Å². The fourth-order valence-electron chi connectivity index (χ4n) is 3.14. The van der Waals surface area contributed by atoms with E-state index in [1.54, 1.807) is 6.92 Å². The average Bonchev–Trinajstić information content (AvgIpc) is 2.86. The Morgan fingerprint density at radius 1 is 1.00 bits per heavy atom. The van der Waals surface area contributed by atoms with Crippen molar-refractivity contribution in [1.29, 1.82) is 0 Å². The van der Waals surface area contributed by atoms with E-state index in [0.29, 0.717) is 24.9 Å². The van der Waals surface area contributed by atoms with Crippen molar-refractivity contribution < 1.29 is 58.6 Å². The van der Waals surface area contributed by atoms with Gasteiger partial charge in [-0.2, -0.15) is 26.3 Å². The van der Waals surface area contributed by atoms with E-state index in [4.69, 9.17) is 14.2 Å². The Balaban J connectivity index is 2.09. The van der Waals surface area contributed by atoms with Crippen LogP contribution in [0, 0.1) is 0 Å². The molecule has 0 radical (unpaired) electrons. The van der Waals surface area contributed by atoms with E-state index >= 15 is 0 Å². The maximum atomic E-state index is 12.8. The molecule has 0 aliphatic heterocycles. The first-order valence-electron chi connectivity index (χ1n) is 10.9. The molecule has 1 heterocycles. The number of ether oxygens (including phenoxy) is 3. The zero-order valence-electron chi connectivity index (χ0n) is 20.8. The van der Waals surface area contributed by atoms with Crippen LogP contribution in [0.25, 0.3) is 10.9 Å². The molecule has 2 aromatic carbocycles. The zero-order valence-corrected chi connectivity index (χ0v) is 21.6. The molecule has 0 fully saturated rings. The summed E-state index contributed by atoms with van der Waals surface area (Å²) in [5, 5.41) is 2.93. The Morgan fingerprint density at radius 2 is 1.70 bits per heavy atom. The number of carbonyl (C=O) groups is 1. The first-order chi connectivity index (χ1) is 18.6. The molecule has 18 heteroatoms. The molecule has 0 aliphatic rings. The summed E-state index contributed by atoms with van der Waals surface area (Å²) in [7, 11) is -3.04. The molecular weight excluding hydrogens is 578 g/mol. The van der Waals surface area contributed by atoms with Gasteiger partial charge < -0.3 is 24.4 Å². The van der Waals surface area contributed by atoms with Crippen LogP contribution in [0.4, 0.5) is 37.8 Å². The number of halogens is 6. The molecule has 0 spiro atoms. The highest BCUT2D eigenvalue weighted by atomic mass is 32.2. The molecule has 0 bridgehead atoms. The number of carbonyl (C=O) groups excluding carboxylic acids is 1. The number of anilines is 2. The second-order valence-electron chi connectivity index (χ2n) is 7.65. The molecule has 1 aromatic heterocycles. The second kappa shape index (κ2) is 11.6. The van der Waals surface area contributed by atoms with Gasteiger partial charge in [-0.05, 0) is 35.7 Å². The number of hydrogen-bond donors (Lipinski definition) is 1. The third kappa shape index (κ3) is 7.12. The third-order valence-corrected chi connectivity index (χ3v) is 6.50. The molecule has 3 aromatic rings. The lowest BCUT2D eigenvalue weighted by Gasteiger charge is -2.19. The number of aromatic nitrogens is 2. The third-order valence-electron chi connectivity index (χ3n) is 4.90. The topological polar surface area (TPSA) is 129 Å². The number of hydroxylamine groups is 1. The van der Waals surface area contributed by atoms with Gasteiger partial charge in [0.15, 0.2) is 18.1 Å². The summed E-state index contributed by atoms with van der Waals surface area (Å²) in [6.07, 6.45) is -9.16. The van der Waals surface area contributed by atoms with Gasteiger partial charge in [-0.3, -0.25) is 0 Å². The summed E-state index contributed by atoms with van der Waals surface area (Å²) in [5.41, 5.74) is -0.0733. The SMILES string of the molecule is CCOc1cc2ncnc(Nc3cc(S(=O)(=O)N(C)OC(=O)C(F)(F)F)ccc3OCC(F)(F)F)c2cc1OC. The van der Waals surface area contributed by atoms with Crippen molar-refractivity contribution in [2.24, 2.45) is 0 Å². The van der Waals surface area contributed by atoms with Crippen molar-refractivity contribution in [1.82, 2.24) is 14.4 Å². The lowest BCUT2D eigenvalue weighted by atomic mass is 10.2. The van der Waals surface area contributed by atoms with Gasteiger partial charge in [0.2, 0.25) is 0 Å². The molecule has 1 N–H and O–H groups in total. The highest BCUT2D eigenvalue weighted by Gasteiger charge is 2.44. The van der Waals surface area contributed by atoms with Crippen LogP contribution in [0.2, 0.25) is 0 Å². The highest BCUT2D eigenvalue weighted by molar-refractivity contribution is 7.89. The van der Waals surface area contributed by atoms with Crippen molar-refractivity contribution in [2.75, 3.05) is 32.7 Å². The molecule has 0 atom stereocenters. The fraction of sp³-hybridized carbons (Fsp3) is 0.318. The van der Waals surface area contributed by atoms with E-state index in [-0.39, 0.29) is 27.1 Å². The molecule has 0 aliphatic carbocycles. The second-order valence-corrected chi connectivity index (χ2v) is 9.59. The number of fused-ring (bicyclic) bond motifs is 1. The molecule has 40 heavy (non-hydrogen) atoms. The minimum atomic E-state index is -5.50. The van der Waals surface area contributed by atoms with Crippen molar-refractivity contribution >= 4 is 38.4 Å². The largest absolute Gasteiger partial charge is 0.493 e. The lowest BCUT2D eigenvalue weighted by molar-refractivity contribution is -0.219. The smallest absolute Gasteiger partial charge is 0.492 e. The number of nitrogens with one attached hydrogen (secondary N) is 1. The average molecular weight is 598 g/mol. The van der Waals surface area contributed by atoms with E-state index < -0.39 is 45.6 Å². The Morgan fingerprint density at radius 3 is 2.30 bits per heavy atom. The quantitative estimate of drug-likeness (QED) is 0.266. The molecular formula is C22H20F6N4O7S. The Bertz CT molecular complexity index is 1500. The fourth-order valence-corrected chi connectivity index (χ4v) is 4.11. The molecule has 0 amide bonds. The molecule has 3 rings (SSSR count). The molecule has 11 nitrogen and oxygen atoms in total. The van der Waals surface area contributed by atoms with E-state index in [0.717, 1.165) is 24.5 Å². The van der Waals surface area contributed by atoms with Gasteiger partial charge in [-0.25, -0.2) is 23.2 Å². The maximum Gasteiger partial charge on any atom is 0.492 e. The van der Waals surface area contributed by atoms with Crippen LogP contribution < -0.4 is 19.5 Å². The van der Waals surface area contributed by atoms with Crippen LogP contribution in [0.15, 0.2) is 41.6 Å². The Labute approximate surface area is 222 Å². The number of methoxy groups -OCH3 is 1. The van der Waals surface area contributed by atoms with Gasteiger partial charge in [0, 0.05) is 18.5 Å². The van der Waals surface area contributed by atoms with Gasteiger partial charge in [-0.15, -0.1) is 0 Å². The van der Waals surface area contributed by atoms with Crippen LogP contribution >= 0.6 is 0 Å². The number of rotatable bonds is 10. The highest BCUT2D eigenvalue weighted by Crippen LogP contribution is 2.37. The lowest BCUT2D eigenvalue weighted by Crippen LogP contribution is -2.36. The normalized spacial score (nSPS) is 12.3. The minimum absolute atomic E-state index is 0.0328. The Hall–Kier alpha value is -4.06. The number of hydrogen-bond acceptors (Lipinski definition) is 10. The summed E-state index contributed by atoms with van der Waals surface area (Å²) in [6.45, 7) is 0.278. The van der Waals surface area contributed by atoms with Crippen LogP contribution in [0.1, 0.15) is 6.92 Å². The number of sulfonamides is 1. The summed E-state index contributed by atoms with van der Waals surface area (Å²) in [6, 6.07) is 5.32. The van der Waals surface area contributed by atoms with Gasteiger partial charge in [0.05, 0.1) is 29.8 Å². The minimum Gasteiger partial charge on any atom is -0.493 e. The van der Waals surface area contributed by atoms with Gasteiger partial charge in [0.25, 0.3) is 10.0 Å². The summed E-state index contributed by atoms with van der Waals surface area (Å²) >= 11 is 0. The number of alkyl halides is 6. The van der Waals surface area contributed by atoms with Crippen molar-refractivity contribution in [2.45, 2.75) is 24.2 Å². The zero-order chi connectivity index (χ0) is 29.9. The molecule has 0 saturated heterocycles. The first kappa shape index (κ1) is 30.5. The van der Waals surface area contributed by atoms with Crippen LogP contribution in [0.3, 0.4) is 0 Å². The standard InChI is InChI=1S/C22H20F6N4O7S/c1-4-37-18-9-14-13(8-17(18)36-3)19(30-11-29-14)31-15-7-12(5-6-16(15)38-10-21(23,24)25)40(34,35)32(2)39-20(33)22(26,27)28/h5-9,11H,4,10H2,1-3H3,(H,29,30,31). The van der Waals surface area contributed by atoms with Gasteiger partial charge in [0.1, 0.15) is 17.9 Å². The maximum absolute atomic E-state index is 12.8. The van der Waals surface area contributed by atoms with Gasteiger partial charge in [-0.1, -0.05) is 0 Å². The monoisotopic (exact) mass is 598 g/mol. The summed E-state index contributed by atoms with van der Waals surface area (Å²) in [5.74, 6) is -2.74. The molecule has 0 saturated carbocycles. The summed E-state index contributed by atoms with van der Waals surface area (Å²) in [4.78, 5) is 22.4.